The topological polar surface area (TPSA) is 72.5 Å². The number of aromatic nitrogens is 3. The number of oxime groups is 1. The Kier molecular flexibility index (Phi) is 4.33. The predicted molar refractivity (Wildman–Crippen MR) is 86.6 cm³/mol. The lowest BCUT2D eigenvalue weighted by Gasteiger charge is -2.05. The maximum atomic E-state index is 8.49. The molecular weight excluding hydrogens is 292 g/mol. The smallest absolute Gasteiger partial charge is 0.181 e. The predicted octanol–water partition coefficient (Wildman–Crippen LogP) is 2.87. The number of hydrogen-bond acceptors (Lipinski definition) is 5. The van der Waals surface area contributed by atoms with Crippen molar-refractivity contribution in [1.29, 1.82) is 0 Å². The number of rotatable bonds is 5. The Morgan fingerprint density at radius 2 is 1.87 bits per heavy atom. The molecule has 0 fully saturated rings. The molecule has 6 heteroatoms. The highest BCUT2D eigenvalue weighted by Crippen LogP contribution is 2.16. The van der Waals surface area contributed by atoms with E-state index in [0.29, 0.717) is 18.2 Å². The van der Waals surface area contributed by atoms with E-state index in [1.54, 1.807) is 16.8 Å². The van der Waals surface area contributed by atoms with Crippen molar-refractivity contribution in [1.82, 2.24) is 14.8 Å². The van der Waals surface area contributed by atoms with E-state index in [9.17, 15) is 0 Å². The van der Waals surface area contributed by atoms with Crippen LogP contribution in [-0.4, -0.2) is 26.2 Å². The molecule has 0 radical (unpaired) electrons. The average Bonchev–Trinajstić information content (AvgIpc) is 2.96. The SMILES string of the molecule is Cn1nc(-c2ccccc2)nc1COc1ccc(/C=N/O)cc1. The molecule has 23 heavy (non-hydrogen) atoms. The Morgan fingerprint density at radius 1 is 1.13 bits per heavy atom. The highest BCUT2D eigenvalue weighted by atomic mass is 16.5. The molecule has 116 valence electrons. The zero-order valence-corrected chi connectivity index (χ0v) is 12.6. The van der Waals surface area contributed by atoms with Gasteiger partial charge in [0.2, 0.25) is 0 Å². The lowest BCUT2D eigenvalue weighted by Crippen LogP contribution is -2.04. The van der Waals surface area contributed by atoms with Crippen LogP contribution in [0.25, 0.3) is 11.4 Å². The molecule has 0 amide bonds. The van der Waals surface area contributed by atoms with Gasteiger partial charge in [-0.2, -0.15) is 5.10 Å². The third kappa shape index (κ3) is 3.55. The number of nitrogens with zero attached hydrogens (tertiary/aromatic N) is 4. The van der Waals surface area contributed by atoms with Gasteiger partial charge in [0.25, 0.3) is 0 Å². The van der Waals surface area contributed by atoms with Crippen molar-refractivity contribution in [3.63, 3.8) is 0 Å². The fourth-order valence-corrected chi connectivity index (χ4v) is 2.12. The quantitative estimate of drug-likeness (QED) is 0.447. The van der Waals surface area contributed by atoms with E-state index in [1.165, 1.54) is 6.21 Å². The second kappa shape index (κ2) is 6.74. The first-order valence-corrected chi connectivity index (χ1v) is 7.12. The largest absolute Gasteiger partial charge is 0.486 e. The highest BCUT2D eigenvalue weighted by molar-refractivity contribution is 5.79. The molecular formula is C17H16N4O2. The normalized spacial score (nSPS) is 11.0. The summed E-state index contributed by atoms with van der Waals surface area (Å²) in [5.74, 6) is 2.13. The van der Waals surface area contributed by atoms with E-state index in [0.717, 1.165) is 17.0 Å². The molecule has 1 aromatic heterocycles. The van der Waals surface area contributed by atoms with Crippen molar-refractivity contribution in [3.05, 3.63) is 66.0 Å². The van der Waals surface area contributed by atoms with Crippen molar-refractivity contribution in [2.75, 3.05) is 0 Å². The molecule has 0 saturated carbocycles. The Morgan fingerprint density at radius 3 is 2.57 bits per heavy atom. The summed E-state index contributed by atoms with van der Waals surface area (Å²) in [4.78, 5) is 4.51. The van der Waals surface area contributed by atoms with E-state index in [1.807, 2.05) is 49.5 Å². The Labute approximate surface area is 133 Å². The van der Waals surface area contributed by atoms with Gasteiger partial charge in [0.15, 0.2) is 11.6 Å². The maximum Gasteiger partial charge on any atom is 0.181 e. The van der Waals surface area contributed by atoms with Crippen LogP contribution >= 0.6 is 0 Å². The van der Waals surface area contributed by atoms with E-state index in [4.69, 9.17) is 9.94 Å². The second-order valence-electron chi connectivity index (χ2n) is 4.94. The minimum absolute atomic E-state index is 0.323. The minimum atomic E-state index is 0.323. The third-order valence-electron chi connectivity index (χ3n) is 3.34. The standard InChI is InChI=1S/C17H16N4O2/c1-21-16(19-17(20-21)14-5-3-2-4-6-14)12-23-15-9-7-13(8-10-15)11-18-22/h2-11,22H,12H2,1H3/b18-11+. The Bertz CT molecular complexity index is 795. The van der Waals surface area contributed by atoms with Gasteiger partial charge in [0, 0.05) is 12.6 Å². The molecule has 0 aliphatic rings. The number of benzene rings is 2. The van der Waals surface area contributed by atoms with Gasteiger partial charge >= 0.3 is 0 Å². The minimum Gasteiger partial charge on any atom is -0.486 e. The molecule has 0 spiro atoms. The molecule has 0 bridgehead atoms. The lowest BCUT2D eigenvalue weighted by molar-refractivity contribution is 0.290. The van der Waals surface area contributed by atoms with Crippen LogP contribution in [0, 0.1) is 0 Å². The van der Waals surface area contributed by atoms with Crippen LogP contribution in [-0.2, 0) is 13.7 Å². The number of hydrogen-bond donors (Lipinski definition) is 1. The fraction of sp³-hybridized carbons (Fsp3) is 0.118. The van der Waals surface area contributed by atoms with Gasteiger partial charge in [-0.3, -0.25) is 0 Å². The van der Waals surface area contributed by atoms with Crippen molar-refractivity contribution < 1.29 is 9.94 Å². The molecule has 0 unspecified atom stereocenters. The first-order valence-electron chi connectivity index (χ1n) is 7.12. The summed E-state index contributed by atoms with van der Waals surface area (Å²) in [6.45, 7) is 0.323. The zero-order chi connectivity index (χ0) is 16.1. The third-order valence-corrected chi connectivity index (χ3v) is 3.34. The first kappa shape index (κ1) is 14.8. The van der Waals surface area contributed by atoms with Gasteiger partial charge in [-0.05, 0) is 29.8 Å². The van der Waals surface area contributed by atoms with Crippen LogP contribution in [0.15, 0.2) is 59.8 Å². The summed E-state index contributed by atoms with van der Waals surface area (Å²) in [5.41, 5.74) is 1.77. The molecule has 0 atom stereocenters. The van der Waals surface area contributed by atoms with E-state index >= 15 is 0 Å². The summed E-state index contributed by atoms with van der Waals surface area (Å²) in [6.07, 6.45) is 1.36. The molecule has 3 aromatic rings. The second-order valence-corrected chi connectivity index (χ2v) is 4.94. The molecule has 0 aliphatic carbocycles. The molecule has 6 nitrogen and oxygen atoms in total. The van der Waals surface area contributed by atoms with Crippen molar-refractivity contribution in [2.24, 2.45) is 12.2 Å². The summed E-state index contributed by atoms with van der Waals surface area (Å²) >= 11 is 0. The van der Waals surface area contributed by atoms with Gasteiger partial charge in [-0.15, -0.1) is 0 Å². The fourth-order valence-electron chi connectivity index (χ4n) is 2.12. The maximum absolute atomic E-state index is 8.49. The van der Waals surface area contributed by atoms with Gasteiger partial charge < -0.3 is 9.94 Å². The Hall–Kier alpha value is -3.15. The van der Waals surface area contributed by atoms with Crippen molar-refractivity contribution in [3.8, 4) is 17.1 Å². The molecule has 1 heterocycles. The summed E-state index contributed by atoms with van der Waals surface area (Å²) in [6, 6.07) is 17.1. The molecule has 0 saturated heterocycles. The molecule has 2 aromatic carbocycles. The zero-order valence-electron chi connectivity index (χ0n) is 12.6. The summed E-state index contributed by atoms with van der Waals surface area (Å²) in [5, 5.41) is 15.9. The van der Waals surface area contributed by atoms with Gasteiger partial charge in [-0.1, -0.05) is 35.5 Å². The van der Waals surface area contributed by atoms with E-state index in [-0.39, 0.29) is 0 Å². The van der Waals surface area contributed by atoms with Crippen LogP contribution in [0.5, 0.6) is 5.75 Å². The Balaban J connectivity index is 1.70. The van der Waals surface area contributed by atoms with Crippen LogP contribution in [0.1, 0.15) is 11.4 Å². The van der Waals surface area contributed by atoms with E-state index < -0.39 is 0 Å². The number of aryl methyl sites for hydroxylation is 1. The molecule has 3 rings (SSSR count). The van der Waals surface area contributed by atoms with Gasteiger partial charge in [-0.25, -0.2) is 9.67 Å². The van der Waals surface area contributed by atoms with Crippen LogP contribution in [0.4, 0.5) is 0 Å². The summed E-state index contributed by atoms with van der Waals surface area (Å²) in [7, 11) is 1.85. The highest BCUT2D eigenvalue weighted by Gasteiger charge is 2.09. The van der Waals surface area contributed by atoms with Crippen LogP contribution in [0.2, 0.25) is 0 Å². The average molecular weight is 308 g/mol. The van der Waals surface area contributed by atoms with Gasteiger partial charge in [0.05, 0.1) is 6.21 Å². The van der Waals surface area contributed by atoms with Crippen molar-refractivity contribution in [2.45, 2.75) is 6.61 Å². The van der Waals surface area contributed by atoms with Crippen LogP contribution < -0.4 is 4.74 Å². The first-order chi connectivity index (χ1) is 11.3. The number of ether oxygens (including phenoxy) is 1. The summed E-state index contributed by atoms with van der Waals surface area (Å²) < 4.78 is 7.44. The van der Waals surface area contributed by atoms with E-state index in [2.05, 4.69) is 15.2 Å². The molecule has 1 N–H and O–H groups in total. The molecule has 0 aliphatic heterocycles. The van der Waals surface area contributed by atoms with Gasteiger partial charge in [0.1, 0.15) is 12.4 Å². The monoisotopic (exact) mass is 308 g/mol. The lowest BCUT2D eigenvalue weighted by atomic mass is 10.2. The van der Waals surface area contributed by atoms with Crippen LogP contribution in [0.3, 0.4) is 0 Å². The van der Waals surface area contributed by atoms with Crippen molar-refractivity contribution >= 4 is 6.21 Å².